The maximum absolute atomic E-state index is 2.35. The van der Waals surface area contributed by atoms with Gasteiger partial charge in [-0.1, -0.05) is 146 Å². The zero-order chi connectivity index (χ0) is 38.0. The van der Waals surface area contributed by atoms with Crippen LogP contribution in [0, 0.1) is 0 Å². The molecule has 0 unspecified atom stereocenters. The summed E-state index contributed by atoms with van der Waals surface area (Å²) in [7, 11) is 0. The molecule has 0 radical (unpaired) electrons. The summed E-state index contributed by atoms with van der Waals surface area (Å²) in [6, 6.07) is 82.9. The van der Waals surface area contributed by atoms with Gasteiger partial charge in [-0.2, -0.15) is 0 Å². The molecule has 2 nitrogen and oxygen atoms in total. The summed E-state index contributed by atoms with van der Waals surface area (Å²) < 4.78 is 2.62. The van der Waals surface area contributed by atoms with E-state index in [2.05, 4.69) is 240 Å². The lowest BCUT2D eigenvalue weighted by atomic mass is 10.00. The molecule has 1 aromatic heterocycles. The van der Waals surface area contributed by atoms with Crippen molar-refractivity contribution >= 4 is 65.6 Å². The highest BCUT2D eigenvalue weighted by molar-refractivity contribution is 7.25. The highest BCUT2D eigenvalue weighted by Gasteiger charge is 2.16. The van der Waals surface area contributed by atoms with Crippen molar-refractivity contribution in [3.05, 3.63) is 231 Å². The molecular formula is C54H38N2S. The second kappa shape index (κ2) is 15.1. The molecule has 0 spiro atoms. The number of para-hydroxylation sites is 2. The van der Waals surface area contributed by atoms with E-state index >= 15 is 0 Å². The molecule has 0 atom stereocenters. The molecular weight excluding hydrogens is 709 g/mol. The lowest BCUT2D eigenvalue weighted by Gasteiger charge is -2.26. The Balaban J connectivity index is 0.933. The molecule has 3 heteroatoms. The number of anilines is 6. The van der Waals surface area contributed by atoms with Crippen molar-refractivity contribution in [2.24, 2.45) is 0 Å². The Kier molecular flexibility index (Phi) is 9.11. The molecule has 0 aliphatic heterocycles. The molecule has 9 aromatic carbocycles. The summed E-state index contributed by atoms with van der Waals surface area (Å²) in [5, 5.41) is 2.60. The number of hydrogen-bond acceptors (Lipinski definition) is 3. The molecule has 10 rings (SSSR count). The van der Waals surface area contributed by atoms with Gasteiger partial charge in [0.05, 0.1) is 0 Å². The van der Waals surface area contributed by atoms with Gasteiger partial charge < -0.3 is 9.80 Å². The predicted molar refractivity (Wildman–Crippen MR) is 245 cm³/mol. The van der Waals surface area contributed by atoms with Crippen molar-refractivity contribution in [2.45, 2.75) is 0 Å². The molecule has 0 fully saturated rings. The first-order chi connectivity index (χ1) is 28.2. The molecule has 0 bridgehead atoms. The van der Waals surface area contributed by atoms with E-state index in [1.165, 1.54) is 53.6 Å². The minimum absolute atomic E-state index is 1.10. The fourth-order valence-electron chi connectivity index (χ4n) is 7.80. The van der Waals surface area contributed by atoms with Gasteiger partial charge in [0.15, 0.2) is 0 Å². The van der Waals surface area contributed by atoms with Gasteiger partial charge in [-0.25, -0.2) is 0 Å². The molecule has 57 heavy (non-hydrogen) atoms. The zero-order valence-corrected chi connectivity index (χ0v) is 32.1. The summed E-state index contributed by atoms with van der Waals surface area (Å²) in [6.07, 6.45) is 0. The van der Waals surface area contributed by atoms with E-state index in [-0.39, 0.29) is 0 Å². The third-order valence-electron chi connectivity index (χ3n) is 10.7. The number of benzene rings is 9. The second-order valence-electron chi connectivity index (χ2n) is 14.2. The van der Waals surface area contributed by atoms with Gasteiger partial charge in [0.25, 0.3) is 0 Å². The average molecular weight is 747 g/mol. The Morgan fingerprint density at radius 1 is 0.228 bits per heavy atom. The highest BCUT2D eigenvalue weighted by Crippen LogP contribution is 2.42. The highest BCUT2D eigenvalue weighted by atomic mass is 32.1. The minimum Gasteiger partial charge on any atom is -0.311 e. The number of hydrogen-bond donors (Lipinski definition) is 0. The molecule has 0 aliphatic carbocycles. The zero-order valence-electron chi connectivity index (χ0n) is 31.2. The van der Waals surface area contributed by atoms with Crippen molar-refractivity contribution in [1.82, 2.24) is 0 Å². The summed E-state index contributed by atoms with van der Waals surface area (Å²) in [5.41, 5.74) is 13.9. The maximum Gasteiger partial charge on any atom is 0.0468 e. The molecule has 0 N–H and O–H groups in total. The van der Waals surface area contributed by atoms with Crippen LogP contribution in [-0.2, 0) is 0 Å². The Hall–Kier alpha value is -7.20. The first-order valence-corrected chi connectivity index (χ1v) is 20.1. The van der Waals surface area contributed by atoms with Gasteiger partial charge in [-0.3, -0.25) is 0 Å². The Labute approximate surface area is 337 Å². The third-order valence-corrected chi connectivity index (χ3v) is 11.8. The van der Waals surface area contributed by atoms with Crippen molar-refractivity contribution in [2.75, 3.05) is 9.80 Å². The van der Waals surface area contributed by atoms with Gasteiger partial charge in [0.1, 0.15) is 0 Å². The van der Waals surface area contributed by atoms with Gasteiger partial charge in [0, 0.05) is 54.3 Å². The van der Waals surface area contributed by atoms with Crippen LogP contribution in [0.15, 0.2) is 231 Å². The van der Waals surface area contributed by atoms with Crippen LogP contribution >= 0.6 is 11.3 Å². The number of thiophene rings is 1. The van der Waals surface area contributed by atoms with Crippen LogP contribution in [-0.4, -0.2) is 0 Å². The molecule has 1 heterocycles. The normalized spacial score (nSPS) is 11.2. The molecule has 0 saturated heterocycles. The minimum atomic E-state index is 1.10. The smallest absolute Gasteiger partial charge is 0.0468 e. The summed E-state index contributed by atoms with van der Waals surface area (Å²) >= 11 is 1.85. The van der Waals surface area contributed by atoms with Crippen LogP contribution in [0.1, 0.15) is 0 Å². The molecule has 0 amide bonds. The maximum atomic E-state index is 2.35. The van der Waals surface area contributed by atoms with E-state index in [9.17, 15) is 0 Å². The van der Waals surface area contributed by atoms with Gasteiger partial charge in [-0.05, 0) is 118 Å². The Morgan fingerprint density at radius 3 is 1.02 bits per heavy atom. The van der Waals surface area contributed by atoms with E-state index in [1.54, 1.807) is 0 Å². The molecule has 270 valence electrons. The van der Waals surface area contributed by atoms with Crippen LogP contribution in [0.2, 0.25) is 0 Å². The second-order valence-corrected chi connectivity index (χ2v) is 15.3. The summed E-state index contributed by atoms with van der Waals surface area (Å²) in [5.74, 6) is 0. The summed E-state index contributed by atoms with van der Waals surface area (Å²) in [6.45, 7) is 0. The van der Waals surface area contributed by atoms with Crippen molar-refractivity contribution in [3.63, 3.8) is 0 Å². The van der Waals surface area contributed by atoms with E-state index in [4.69, 9.17) is 0 Å². The molecule has 0 aliphatic rings. The topological polar surface area (TPSA) is 6.48 Å². The lowest BCUT2D eigenvalue weighted by molar-refractivity contribution is 1.28. The monoisotopic (exact) mass is 746 g/mol. The van der Waals surface area contributed by atoms with Crippen LogP contribution in [0.5, 0.6) is 0 Å². The van der Waals surface area contributed by atoms with Crippen molar-refractivity contribution in [1.29, 1.82) is 0 Å². The van der Waals surface area contributed by atoms with E-state index in [1.807, 2.05) is 11.3 Å². The van der Waals surface area contributed by atoms with E-state index < -0.39 is 0 Å². The number of nitrogens with zero attached hydrogens (tertiary/aromatic N) is 2. The first kappa shape index (κ1) is 34.3. The molecule has 0 saturated carbocycles. The molecule has 10 aromatic rings. The Morgan fingerprint density at radius 2 is 0.544 bits per heavy atom. The lowest BCUT2D eigenvalue weighted by Crippen LogP contribution is -2.10. The fraction of sp³-hybridized carbons (Fsp3) is 0. The van der Waals surface area contributed by atoms with Gasteiger partial charge in [-0.15, -0.1) is 11.3 Å². The van der Waals surface area contributed by atoms with Crippen LogP contribution in [0.3, 0.4) is 0 Å². The fourth-order valence-corrected chi connectivity index (χ4v) is 8.88. The largest absolute Gasteiger partial charge is 0.311 e. The van der Waals surface area contributed by atoms with Gasteiger partial charge in [0.2, 0.25) is 0 Å². The van der Waals surface area contributed by atoms with Crippen LogP contribution in [0.25, 0.3) is 53.6 Å². The standard InChI is InChI=1S/C54H38N2S/c1-4-12-39(13-5-1)40-20-22-41(23-21-40)42-24-30-47(31-25-42)55(45-14-6-2-7-15-45)48-32-26-43(27-33-48)44-28-34-49(35-29-44)56(46-16-8-3-9-17-46)50-36-37-54-52(38-50)51-18-10-11-19-53(51)57-54/h1-38H. The Bertz CT molecular complexity index is 2900. The predicted octanol–water partition coefficient (Wildman–Crippen LogP) is 16.0. The quantitative estimate of drug-likeness (QED) is 0.145. The van der Waals surface area contributed by atoms with Crippen LogP contribution in [0.4, 0.5) is 34.1 Å². The average Bonchev–Trinajstić information content (AvgIpc) is 3.67. The number of rotatable bonds is 9. The van der Waals surface area contributed by atoms with Gasteiger partial charge >= 0.3 is 0 Å². The summed E-state index contributed by atoms with van der Waals surface area (Å²) in [4.78, 5) is 4.67. The van der Waals surface area contributed by atoms with Crippen molar-refractivity contribution < 1.29 is 0 Å². The third kappa shape index (κ3) is 6.86. The van der Waals surface area contributed by atoms with E-state index in [0.29, 0.717) is 0 Å². The first-order valence-electron chi connectivity index (χ1n) is 19.3. The number of fused-ring (bicyclic) bond motifs is 3. The van der Waals surface area contributed by atoms with Crippen molar-refractivity contribution in [3.8, 4) is 33.4 Å². The van der Waals surface area contributed by atoms with E-state index in [0.717, 1.165) is 34.1 Å². The SMILES string of the molecule is c1ccc(-c2ccc(-c3ccc(N(c4ccccc4)c4ccc(-c5ccc(N(c6ccccc6)c6ccc7sc8ccccc8c7c6)cc5)cc4)cc3)cc2)cc1. The van der Waals surface area contributed by atoms with Crippen LogP contribution < -0.4 is 9.80 Å².